The molecule has 2 N–H and O–H groups in total. The number of nitrogen functional groups attached to an aromatic ring is 1. The number of hydrogen-bond acceptors (Lipinski definition) is 4. The molecule has 4 heteroatoms. The van der Waals surface area contributed by atoms with Crippen molar-refractivity contribution in [3.8, 4) is 5.75 Å². The molecule has 3 rings (SSSR count). The Morgan fingerprint density at radius 1 is 1.16 bits per heavy atom. The standard InChI is InChI=1S/C15H14N2O2/c1-18-12-6-7-13-14(9-12)19-15(17-13)8-10-2-4-11(16)5-3-10/h2-7,9H,8,16H2,1H3. The normalized spacial score (nSPS) is 10.8. The van der Waals surface area contributed by atoms with Crippen LogP contribution in [0.2, 0.25) is 0 Å². The number of anilines is 1. The largest absolute Gasteiger partial charge is 0.497 e. The van der Waals surface area contributed by atoms with E-state index in [-0.39, 0.29) is 0 Å². The second kappa shape index (κ2) is 4.65. The average molecular weight is 254 g/mol. The molecular formula is C15H14N2O2. The van der Waals surface area contributed by atoms with E-state index in [2.05, 4.69) is 4.98 Å². The molecule has 19 heavy (non-hydrogen) atoms. The van der Waals surface area contributed by atoms with Crippen molar-refractivity contribution in [2.24, 2.45) is 0 Å². The predicted molar refractivity (Wildman–Crippen MR) is 74.2 cm³/mol. The number of rotatable bonds is 3. The van der Waals surface area contributed by atoms with Gasteiger partial charge in [0.05, 0.1) is 7.11 Å². The number of methoxy groups -OCH3 is 1. The maximum atomic E-state index is 5.72. The smallest absolute Gasteiger partial charge is 0.199 e. The average Bonchev–Trinajstić information content (AvgIpc) is 2.82. The Labute approximate surface area is 110 Å². The fraction of sp³-hybridized carbons (Fsp3) is 0.133. The molecule has 0 fully saturated rings. The molecule has 0 bridgehead atoms. The van der Waals surface area contributed by atoms with Gasteiger partial charge in [0.15, 0.2) is 11.5 Å². The van der Waals surface area contributed by atoms with Crippen LogP contribution < -0.4 is 10.5 Å². The van der Waals surface area contributed by atoms with E-state index in [9.17, 15) is 0 Å². The van der Waals surface area contributed by atoms with Crippen molar-refractivity contribution in [1.29, 1.82) is 0 Å². The van der Waals surface area contributed by atoms with Gasteiger partial charge < -0.3 is 14.9 Å². The lowest BCUT2D eigenvalue weighted by Gasteiger charge is -1.97. The first-order chi connectivity index (χ1) is 9.24. The molecule has 0 saturated heterocycles. The van der Waals surface area contributed by atoms with Crippen LogP contribution in [-0.4, -0.2) is 12.1 Å². The minimum atomic E-state index is 0.650. The first-order valence-electron chi connectivity index (χ1n) is 6.02. The predicted octanol–water partition coefficient (Wildman–Crippen LogP) is 3.01. The van der Waals surface area contributed by atoms with Gasteiger partial charge in [0, 0.05) is 18.2 Å². The zero-order chi connectivity index (χ0) is 13.2. The Hall–Kier alpha value is -2.49. The Kier molecular flexibility index (Phi) is 2.83. The highest BCUT2D eigenvalue weighted by atomic mass is 16.5. The third-order valence-corrected chi connectivity index (χ3v) is 2.97. The molecule has 0 radical (unpaired) electrons. The molecule has 0 amide bonds. The van der Waals surface area contributed by atoms with Gasteiger partial charge in [-0.25, -0.2) is 4.98 Å². The van der Waals surface area contributed by atoms with Crippen LogP contribution in [0, 0.1) is 0 Å². The van der Waals surface area contributed by atoms with Gasteiger partial charge in [0.25, 0.3) is 0 Å². The van der Waals surface area contributed by atoms with Crippen molar-refractivity contribution < 1.29 is 9.15 Å². The van der Waals surface area contributed by atoms with E-state index in [0.717, 1.165) is 28.1 Å². The minimum absolute atomic E-state index is 0.650. The summed E-state index contributed by atoms with van der Waals surface area (Å²) >= 11 is 0. The first kappa shape index (κ1) is 11.6. The summed E-state index contributed by atoms with van der Waals surface area (Å²) < 4.78 is 10.9. The Morgan fingerprint density at radius 2 is 1.95 bits per heavy atom. The van der Waals surface area contributed by atoms with Gasteiger partial charge in [-0.05, 0) is 29.8 Å². The first-order valence-corrected chi connectivity index (χ1v) is 6.02. The lowest BCUT2D eigenvalue weighted by molar-refractivity contribution is 0.414. The Bertz CT molecular complexity index is 702. The molecule has 0 unspecified atom stereocenters. The molecule has 0 atom stereocenters. The number of benzene rings is 2. The van der Waals surface area contributed by atoms with Gasteiger partial charge in [-0.2, -0.15) is 0 Å². The summed E-state index contributed by atoms with van der Waals surface area (Å²) in [6.07, 6.45) is 0.650. The highest BCUT2D eigenvalue weighted by Crippen LogP contribution is 2.22. The fourth-order valence-electron chi connectivity index (χ4n) is 1.97. The molecule has 1 aromatic heterocycles. The van der Waals surface area contributed by atoms with Crippen LogP contribution in [0.5, 0.6) is 5.75 Å². The van der Waals surface area contributed by atoms with Crippen LogP contribution in [0.3, 0.4) is 0 Å². The summed E-state index contributed by atoms with van der Waals surface area (Å²) in [4.78, 5) is 4.45. The Morgan fingerprint density at radius 3 is 2.68 bits per heavy atom. The maximum absolute atomic E-state index is 5.72. The van der Waals surface area contributed by atoms with E-state index in [1.54, 1.807) is 7.11 Å². The van der Waals surface area contributed by atoms with Crippen molar-refractivity contribution >= 4 is 16.8 Å². The molecule has 0 spiro atoms. The van der Waals surface area contributed by atoms with Crippen molar-refractivity contribution in [3.05, 3.63) is 53.9 Å². The van der Waals surface area contributed by atoms with Crippen molar-refractivity contribution in [2.75, 3.05) is 12.8 Å². The van der Waals surface area contributed by atoms with Crippen LogP contribution in [0.4, 0.5) is 5.69 Å². The van der Waals surface area contributed by atoms with Crippen LogP contribution in [-0.2, 0) is 6.42 Å². The molecule has 0 aliphatic carbocycles. The SMILES string of the molecule is COc1ccc2nc(Cc3ccc(N)cc3)oc2c1. The van der Waals surface area contributed by atoms with Crippen LogP contribution >= 0.6 is 0 Å². The van der Waals surface area contributed by atoms with Gasteiger partial charge in [0.1, 0.15) is 11.3 Å². The highest BCUT2D eigenvalue weighted by Gasteiger charge is 2.07. The van der Waals surface area contributed by atoms with Gasteiger partial charge in [-0.1, -0.05) is 12.1 Å². The minimum Gasteiger partial charge on any atom is -0.497 e. The van der Waals surface area contributed by atoms with E-state index in [0.29, 0.717) is 12.3 Å². The van der Waals surface area contributed by atoms with Crippen molar-refractivity contribution in [2.45, 2.75) is 6.42 Å². The van der Waals surface area contributed by atoms with Crippen LogP contribution in [0.15, 0.2) is 46.9 Å². The van der Waals surface area contributed by atoms with Gasteiger partial charge in [0.2, 0.25) is 0 Å². The number of ether oxygens (including phenoxy) is 1. The second-order valence-corrected chi connectivity index (χ2v) is 4.36. The number of nitrogens with two attached hydrogens (primary N) is 1. The number of hydrogen-bond donors (Lipinski definition) is 1. The number of nitrogens with zero attached hydrogens (tertiary/aromatic N) is 1. The van der Waals surface area contributed by atoms with Gasteiger partial charge >= 0.3 is 0 Å². The van der Waals surface area contributed by atoms with E-state index in [1.165, 1.54) is 0 Å². The third kappa shape index (κ3) is 2.38. The quantitative estimate of drug-likeness (QED) is 0.730. The van der Waals surface area contributed by atoms with Crippen molar-refractivity contribution in [1.82, 2.24) is 4.98 Å². The third-order valence-electron chi connectivity index (χ3n) is 2.97. The molecule has 0 aliphatic heterocycles. The lowest BCUT2D eigenvalue weighted by atomic mass is 10.1. The summed E-state index contributed by atoms with van der Waals surface area (Å²) in [5, 5.41) is 0. The highest BCUT2D eigenvalue weighted by molar-refractivity contribution is 5.74. The molecule has 96 valence electrons. The van der Waals surface area contributed by atoms with Crippen molar-refractivity contribution in [3.63, 3.8) is 0 Å². The maximum Gasteiger partial charge on any atom is 0.199 e. The van der Waals surface area contributed by atoms with E-state index in [1.807, 2.05) is 42.5 Å². The van der Waals surface area contributed by atoms with Gasteiger partial charge in [-0.15, -0.1) is 0 Å². The van der Waals surface area contributed by atoms with E-state index in [4.69, 9.17) is 14.9 Å². The summed E-state index contributed by atoms with van der Waals surface area (Å²) in [5.41, 5.74) is 9.11. The number of aromatic nitrogens is 1. The number of fused-ring (bicyclic) bond motifs is 1. The fourth-order valence-corrected chi connectivity index (χ4v) is 1.97. The van der Waals surface area contributed by atoms with Gasteiger partial charge in [-0.3, -0.25) is 0 Å². The molecule has 4 nitrogen and oxygen atoms in total. The molecule has 1 heterocycles. The summed E-state index contributed by atoms with van der Waals surface area (Å²) in [6.45, 7) is 0. The topological polar surface area (TPSA) is 61.3 Å². The lowest BCUT2D eigenvalue weighted by Crippen LogP contribution is -1.89. The summed E-state index contributed by atoms with van der Waals surface area (Å²) in [5.74, 6) is 1.45. The number of oxazole rings is 1. The zero-order valence-electron chi connectivity index (χ0n) is 10.6. The summed E-state index contributed by atoms with van der Waals surface area (Å²) in [6, 6.07) is 13.3. The molecule has 0 aliphatic rings. The van der Waals surface area contributed by atoms with E-state index < -0.39 is 0 Å². The zero-order valence-corrected chi connectivity index (χ0v) is 10.6. The van der Waals surface area contributed by atoms with Crippen LogP contribution in [0.1, 0.15) is 11.5 Å². The molecular weight excluding hydrogens is 240 g/mol. The van der Waals surface area contributed by atoms with Crippen LogP contribution in [0.25, 0.3) is 11.1 Å². The monoisotopic (exact) mass is 254 g/mol. The second-order valence-electron chi connectivity index (χ2n) is 4.36. The Balaban J connectivity index is 1.90. The molecule has 2 aromatic carbocycles. The molecule has 3 aromatic rings. The molecule has 0 saturated carbocycles. The van der Waals surface area contributed by atoms with E-state index >= 15 is 0 Å². The summed E-state index contributed by atoms with van der Waals surface area (Å²) in [7, 11) is 1.63.